The Balaban J connectivity index is 1.72. The first kappa shape index (κ1) is 32.9. The Morgan fingerprint density at radius 2 is 1.77 bits per heavy atom. The van der Waals surface area contributed by atoms with Gasteiger partial charge in [-0.1, -0.05) is 76.3 Å². The van der Waals surface area contributed by atoms with Gasteiger partial charge in [-0.15, -0.1) is 0 Å². The smallest absolute Gasteiger partial charge is 0.305 e. The average Bonchev–Trinajstić information content (AvgIpc) is 3.19. The van der Waals surface area contributed by atoms with Gasteiger partial charge < -0.3 is 15.3 Å². The molecule has 0 bridgehead atoms. The molecular weight excluding hydrogens is 578 g/mol. The predicted molar refractivity (Wildman–Crippen MR) is 176 cm³/mol. The highest BCUT2D eigenvalue weighted by atomic mass is 35.5. The number of amides is 2. The number of aliphatic carboxylic acids is 1. The molecule has 2 N–H and O–H groups in total. The van der Waals surface area contributed by atoms with Crippen LogP contribution in [0.4, 0.5) is 0 Å². The summed E-state index contributed by atoms with van der Waals surface area (Å²) in [7, 11) is -1.36. The van der Waals surface area contributed by atoms with Crippen molar-refractivity contribution in [2.75, 3.05) is 6.54 Å². The van der Waals surface area contributed by atoms with Gasteiger partial charge in [-0.2, -0.15) is 0 Å². The number of hydrogen-bond donors (Lipinski definition) is 2. The largest absolute Gasteiger partial charge is 0.481 e. The van der Waals surface area contributed by atoms with Crippen LogP contribution < -0.4 is 5.32 Å². The number of carboxylic acids is 1. The Hall–Kier alpha value is -2.97. The number of carbonyl (C=O) groups excluding carboxylic acids is 2. The van der Waals surface area contributed by atoms with Crippen LogP contribution in [0.25, 0.3) is 0 Å². The lowest BCUT2D eigenvalue weighted by Crippen LogP contribution is -2.51. The van der Waals surface area contributed by atoms with Gasteiger partial charge in [0.2, 0.25) is 0 Å². The number of halogens is 1. The monoisotopic (exact) mass is 623 g/mol. The van der Waals surface area contributed by atoms with Crippen molar-refractivity contribution in [2.24, 2.45) is 10.4 Å². The zero-order chi connectivity index (χ0) is 31.6. The average molecular weight is 624 g/mol. The molecule has 1 atom stereocenters. The van der Waals surface area contributed by atoms with Crippen LogP contribution in [0.15, 0.2) is 53.5 Å². The van der Waals surface area contributed by atoms with Crippen LogP contribution in [0.2, 0.25) is 30.2 Å². The molecule has 7 nitrogen and oxygen atoms in total. The number of aliphatic imine (C=N–C) groups is 1. The Morgan fingerprint density at radius 3 is 2.33 bits per heavy atom. The molecule has 0 saturated heterocycles. The Labute approximate surface area is 262 Å². The standard InChI is InChI=1S/C34H46ClN3O4Si/c1-33(2,3)18-16-28(23-10-12-24(13-11-23)31(41)36-21-17-29(39)40)38-32(42)30(25-8-7-9-26(35)22-25)37-34(38)19-14-27(15-20-34)43(4,5)6/h7-13,22,27-28H,14-21H2,1-6H3,(H,36,41)(H,39,40)/t27?,28-,34?/m1/s1. The quantitative estimate of drug-likeness (QED) is 0.265. The maximum Gasteiger partial charge on any atom is 0.305 e. The van der Waals surface area contributed by atoms with Crippen molar-refractivity contribution in [1.82, 2.24) is 10.2 Å². The summed E-state index contributed by atoms with van der Waals surface area (Å²) >= 11 is 6.36. The third kappa shape index (κ3) is 7.95. The summed E-state index contributed by atoms with van der Waals surface area (Å²) in [5.41, 5.74) is 2.77. The molecule has 1 heterocycles. The molecule has 2 aliphatic rings. The molecule has 0 aromatic heterocycles. The maximum absolute atomic E-state index is 14.5. The van der Waals surface area contributed by atoms with Crippen molar-refractivity contribution in [1.29, 1.82) is 0 Å². The second-order valence-corrected chi connectivity index (χ2v) is 20.4. The third-order valence-electron chi connectivity index (χ3n) is 8.96. The van der Waals surface area contributed by atoms with Crippen molar-refractivity contribution in [3.8, 4) is 0 Å². The highest BCUT2D eigenvalue weighted by molar-refractivity contribution is 6.77. The summed E-state index contributed by atoms with van der Waals surface area (Å²) in [4.78, 5) is 45.4. The van der Waals surface area contributed by atoms with Crippen molar-refractivity contribution in [2.45, 2.75) is 103 Å². The van der Waals surface area contributed by atoms with Gasteiger partial charge in [0, 0.05) is 30.8 Å². The fourth-order valence-electron chi connectivity index (χ4n) is 6.42. The summed E-state index contributed by atoms with van der Waals surface area (Å²) in [5.74, 6) is -1.34. The first-order valence-corrected chi connectivity index (χ1v) is 19.3. The minimum absolute atomic E-state index is 0.0598. The van der Waals surface area contributed by atoms with E-state index in [2.05, 4.69) is 50.6 Å². The van der Waals surface area contributed by atoms with Gasteiger partial charge in [-0.25, -0.2) is 0 Å². The van der Waals surface area contributed by atoms with E-state index >= 15 is 0 Å². The van der Waals surface area contributed by atoms with E-state index in [4.69, 9.17) is 21.7 Å². The molecule has 1 aliphatic carbocycles. The van der Waals surface area contributed by atoms with Crippen LogP contribution in [0.5, 0.6) is 0 Å². The van der Waals surface area contributed by atoms with Crippen molar-refractivity contribution >= 4 is 43.2 Å². The maximum atomic E-state index is 14.5. The zero-order valence-electron chi connectivity index (χ0n) is 26.4. The third-order valence-corrected chi connectivity index (χ3v) is 12.2. The first-order chi connectivity index (χ1) is 20.1. The van der Waals surface area contributed by atoms with Gasteiger partial charge in [0.25, 0.3) is 11.8 Å². The molecule has 9 heteroatoms. The zero-order valence-corrected chi connectivity index (χ0v) is 28.1. The minimum Gasteiger partial charge on any atom is -0.481 e. The molecule has 0 radical (unpaired) electrons. The molecule has 1 saturated carbocycles. The molecular formula is C34H46ClN3O4Si. The van der Waals surface area contributed by atoms with Gasteiger partial charge in [0.15, 0.2) is 0 Å². The van der Waals surface area contributed by atoms with E-state index in [1.165, 1.54) is 0 Å². The molecule has 2 aromatic rings. The van der Waals surface area contributed by atoms with Crippen LogP contribution >= 0.6 is 11.6 Å². The lowest BCUT2D eigenvalue weighted by Gasteiger charge is -2.47. The van der Waals surface area contributed by atoms with Crippen LogP contribution in [-0.4, -0.2) is 53.8 Å². The van der Waals surface area contributed by atoms with Gasteiger partial charge in [0.05, 0.1) is 12.5 Å². The van der Waals surface area contributed by atoms with E-state index in [9.17, 15) is 14.4 Å². The SMILES string of the molecule is CC(C)(C)CC[C@H](c1ccc(C(=O)NCCC(=O)O)cc1)N1C(=O)C(c2cccc(Cl)c2)=NC12CCC([Si](C)(C)C)CC2. The second-order valence-electron chi connectivity index (χ2n) is 14.4. The van der Waals surface area contributed by atoms with Crippen LogP contribution in [0.3, 0.4) is 0 Å². The van der Waals surface area contributed by atoms with Crippen LogP contribution in [-0.2, 0) is 9.59 Å². The molecule has 232 valence electrons. The second kappa shape index (κ2) is 12.9. The van der Waals surface area contributed by atoms with E-state index < -0.39 is 19.7 Å². The normalized spacial score (nSPS) is 21.6. The number of carbonyl (C=O) groups is 3. The number of nitrogens with zero attached hydrogens (tertiary/aromatic N) is 2. The Kier molecular flexibility index (Phi) is 9.91. The Morgan fingerprint density at radius 1 is 1.12 bits per heavy atom. The minimum atomic E-state index is -1.36. The van der Waals surface area contributed by atoms with Gasteiger partial charge in [0.1, 0.15) is 11.4 Å². The number of rotatable bonds is 10. The van der Waals surface area contributed by atoms with Crippen LogP contribution in [0.1, 0.15) is 93.2 Å². The van der Waals surface area contributed by atoms with Crippen LogP contribution in [0, 0.1) is 5.41 Å². The van der Waals surface area contributed by atoms with Crippen molar-refractivity contribution in [3.63, 3.8) is 0 Å². The van der Waals surface area contributed by atoms with Crippen molar-refractivity contribution in [3.05, 3.63) is 70.2 Å². The van der Waals surface area contributed by atoms with Gasteiger partial charge >= 0.3 is 5.97 Å². The fourth-order valence-corrected chi connectivity index (χ4v) is 8.63. The van der Waals surface area contributed by atoms with E-state index in [1.807, 2.05) is 36.4 Å². The van der Waals surface area contributed by atoms with Crippen molar-refractivity contribution < 1.29 is 19.5 Å². The number of benzene rings is 2. The number of carboxylic acid groups (broad SMARTS) is 1. The van der Waals surface area contributed by atoms with E-state index in [-0.39, 0.29) is 36.2 Å². The predicted octanol–water partition coefficient (Wildman–Crippen LogP) is 7.72. The summed E-state index contributed by atoms with van der Waals surface area (Å²) < 4.78 is 0. The lowest BCUT2D eigenvalue weighted by atomic mass is 9.83. The molecule has 0 unspecified atom stereocenters. The highest BCUT2D eigenvalue weighted by Crippen LogP contribution is 2.50. The summed E-state index contributed by atoms with van der Waals surface area (Å²) in [6.45, 7) is 14.0. The molecule has 4 rings (SSSR count). The Bertz CT molecular complexity index is 1370. The van der Waals surface area contributed by atoms with E-state index in [0.29, 0.717) is 21.8 Å². The first-order valence-electron chi connectivity index (χ1n) is 15.4. The summed E-state index contributed by atoms with van der Waals surface area (Å²) in [5, 5.41) is 12.1. The lowest BCUT2D eigenvalue weighted by molar-refractivity contribution is -0.137. The molecule has 1 fully saturated rings. The summed E-state index contributed by atoms with van der Waals surface area (Å²) in [6, 6.07) is 14.6. The molecule has 2 amide bonds. The molecule has 43 heavy (non-hydrogen) atoms. The van der Waals surface area contributed by atoms with Gasteiger partial charge in [-0.05, 0) is 79.3 Å². The summed E-state index contributed by atoms with van der Waals surface area (Å²) in [6.07, 6.45) is 5.28. The fraction of sp³-hybridized carbons (Fsp3) is 0.529. The number of hydrogen-bond acceptors (Lipinski definition) is 4. The highest BCUT2D eigenvalue weighted by Gasteiger charge is 2.52. The van der Waals surface area contributed by atoms with Gasteiger partial charge in [-0.3, -0.25) is 19.4 Å². The van der Waals surface area contributed by atoms with E-state index in [0.717, 1.165) is 49.7 Å². The topological polar surface area (TPSA) is 99.1 Å². The number of nitrogens with one attached hydrogen (secondary N) is 1. The molecule has 1 aliphatic heterocycles. The van der Waals surface area contributed by atoms with E-state index in [1.54, 1.807) is 12.1 Å². The molecule has 1 spiro atoms. The molecule has 2 aromatic carbocycles.